The molecule has 0 heterocycles. The highest BCUT2D eigenvalue weighted by atomic mass is 16.1. The van der Waals surface area contributed by atoms with Crippen molar-refractivity contribution < 1.29 is 4.79 Å². The smallest absolute Gasteiger partial charge is 0.220 e. The fourth-order valence-electron chi connectivity index (χ4n) is 5.32. The van der Waals surface area contributed by atoms with Gasteiger partial charge in [0.2, 0.25) is 5.91 Å². The van der Waals surface area contributed by atoms with Crippen LogP contribution in [-0.2, 0) is 4.79 Å². The summed E-state index contributed by atoms with van der Waals surface area (Å²) in [5.41, 5.74) is 6.16. The molecule has 4 aliphatic carbocycles. The maximum atomic E-state index is 12.0. The first-order valence-electron chi connectivity index (χ1n) is 8.39. The Morgan fingerprint density at radius 1 is 1.15 bits per heavy atom. The molecular formula is C17H30N2O. The van der Waals surface area contributed by atoms with Gasteiger partial charge in [0.1, 0.15) is 0 Å². The van der Waals surface area contributed by atoms with Gasteiger partial charge in [0, 0.05) is 18.5 Å². The van der Waals surface area contributed by atoms with Gasteiger partial charge in [-0.1, -0.05) is 0 Å². The molecule has 4 bridgehead atoms. The summed E-state index contributed by atoms with van der Waals surface area (Å²) in [7, 11) is 0. The maximum Gasteiger partial charge on any atom is 0.220 e. The number of rotatable bonds is 5. The number of hydrogen-bond donors (Lipinski definition) is 2. The van der Waals surface area contributed by atoms with Crippen LogP contribution in [0.1, 0.15) is 65.2 Å². The summed E-state index contributed by atoms with van der Waals surface area (Å²) < 4.78 is 0. The molecule has 3 nitrogen and oxygen atoms in total. The molecule has 0 spiro atoms. The highest BCUT2D eigenvalue weighted by Gasteiger charge is 2.50. The molecule has 4 rings (SSSR count). The van der Waals surface area contributed by atoms with Crippen LogP contribution in [0.15, 0.2) is 0 Å². The van der Waals surface area contributed by atoms with Crippen molar-refractivity contribution >= 4 is 5.91 Å². The molecule has 0 unspecified atom stereocenters. The van der Waals surface area contributed by atoms with E-state index in [0.717, 1.165) is 30.7 Å². The summed E-state index contributed by atoms with van der Waals surface area (Å²) in [6, 6.07) is 0. The Bertz CT molecular complexity index is 348. The Labute approximate surface area is 123 Å². The lowest BCUT2D eigenvalue weighted by Crippen LogP contribution is -2.51. The molecular weight excluding hydrogens is 248 g/mol. The lowest BCUT2D eigenvalue weighted by molar-refractivity contribution is -0.123. The van der Waals surface area contributed by atoms with Crippen LogP contribution in [0.2, 0.25) is 0 Å². The van der Waals surface area contributed by atoms with Crippen molar-refractivity contribution in [2.75, 3.05) is 6.54 Å². The molecule has 0 aliphatic heterocycles. The number of amides is 1. The van der Waals surface area contributed by atoms with Gasteiger partial charge >= 0.3 is 0 Å². The van der Waals surface area contributed by atoms with E-state index in [9.17, 15) is 4.79 Å². The van der Waals surface area contributed by atoms with E-state index in [-0.39, 0.29) is 11.4 Å². The maximum absolute atomic E-state index is 12.0. The first kappa shape index (κ1) is 14.4. The van der Waals surface area contributed by atoms with E-state index in [1.54, 1.807) is 0 Å². The van der Waals surface area contributed by atoms with Gasteiger partial charge in [0.05, 0.1) is 0 Å². The van der Waals surface area contributed by atoms with E-state index in [0.29, 0.717) is 11.8 Å². The van der Waals surface area contributed by atoms with Crippen LogP contribution in [0.25, 0.3) is 0 Å². The molecule has 114 valence electrons. The average molecular weight is 278 g/mol. The third-order valence-electron chi connectivity index (χ3n) is 5.82. The largest absolute Gasteiger partial charge is 0.356 e. The second-order valence-corrected chi connectivity index (χ2v) is 8.68. The Hall–Kier alpha value is -0.570. The van der Waals surface area contributed by atoms with Gasteiger partial charge in [0.25, 0.3) is 0 Å². The zero-order chi connectivity index (χ0) is 14.4. The molecule has 4 aliphatic rings. The van der Waals surface area contributed by atoms with Gasteiger partial charge in [0.15, 0.2) is 0 Å². The summed E-state index contributed by atoms with van der Waals surface area (Å²) in [6.07, 6.45) is 9.82. The minimum Gasteiger partial charge on any atom is -0.356 e. The van der Waals surface area contributed by atoms with Crippen LogP contribution >= 0.6 is 0 Å². The van der Waals surface area contributed by atoms with Crippen LogP contribution in [-0.4, -0.2) is 18.0 Å². The van der Waals surface area contributed by atoms with Gasteiger partial charge in [-0.3, -0.25) is 4.79 Å². The molecule has 4 saturated carbocycles. The molecule has 0 aromatic carbocycles. The molecule has 0 atom stereocenters. The summed E-state index contributed by atoms with van der Waals surface area (Å²) in [5, 5.41) is 3.22. The van der Waals surface area contributed by atoms with Crippen molar-refractivity contribution in [3.63, 3.8) is 0 Å². The van der Waals surface area contributed by atoms with E-state index < -0.39 is 0 Å². The Kier molecular flexibility index (Phi) is 3.60. The van der Waals surface area contributed by atoms with E-state index in [1.807, 2.05) is 13.8 Å². The Morgan fingerprint density at radius 2 is 1.65 bits per heavy atom. The van der Waals surface area contributed by atoms with Crippen LogP contribution in [0, 0.1) is 23.2 Å². The van der Waals surface area contributed by atoms with Gasteiger partial charge in [-0.2, -0.15) is 0 Å². The van der Waals surface area contributed by atoms with Crippen LogP contribution < -0.4 is 11.1 Å². The Balaban J connectivity index is 1.50. The zero-order valence-corrected chi connectivity index (χ0v) is 13.1. The lowest BCUT2D eigenvalue weighted by atomic mass is 9.49. The topological polar surface area (TPSA) is 55.1 Å². The van der Waals surface area contributed by atoms with E-state index in [2.05, 4.69) is 5.32 Å². The molecule has 0 saturated heterocycles. The number of nitrogens with two attached hydrogens (primary N) is 1. The van der Waals surface area contributed by atoms with Crippen LogP contribution in [0.5, 0.6) is 0 Å². The third kappa shape index (κ3) is 3.19. The predicted octanol–water partition coefficient (Wildman–Crippen LogP) is 2.84. The van der Waals surface area contributed by atoms with Crippen molar-refractivity contribution in [2.45, 2.75) is 70.8 Å². The molecule has 0 radical (unpaired) electrons. The van der Waals surface area contributed by atoms with Crippen molar-refractivity contribution in [3.8, 4) is 0 Å². The average Bonchev–Trinajstić information content (AvgIpc) is 2.31. The molecule has 4 fully saturated rings. The molecule has 1 amide bonds. The summed E-state index contributed by atoms with van der Waals surface area (Å²) in [4.78, 5) is 12.0. The van der Waals surface area contributed by atoms with Gasteiger partial charge < -0.3 is 11.1 Å². The first-order valence-corrected chi connectivity index (χ1v) is 8.39. The summed E-state index contributed by atoms with van der Waals surface area (Å²) in [6.45, 7) is 4.89. The molecule has 3 N–H and O–H groups in total. The number of carbonyl (C=O) groups excluding carboxylic acids is 1. The fourth-order valence-corrected chi connectivity index (χ4v) is 5.32. The second-order valence-electron chi connectivity index (χ2n) is 8.68. The highest BCUT2D eigenvalue weighted by Crippen LogP contribution is 2.59. The van der Waals surface area contributed by atoms with E-state index in [1.165, 1.54) is 38.5 Å². The molecule has 0 aromatic rings. The monoisotopic (exact) mass is 278 g/mol. The van der Waals surface area contributed by atoms with Crippen molar-refractivity contribution in [3.05, 3.63) is 0 Å². The van der Waals surface area contributed by atoms with E-state index in [4.69, 9.17) is 5.73 Å². The minimum atomic E-state index is -0.238. The molecule has 3 heteroatoms. The minimum absolute atomic E-state index is 0.194. The van der Waals surface area contributed by atoms with Crippen molar-refractivity contribution in [1.29, 1.82) is 0 Å². The quantitative estimate of drug-likeness (QED) is 0.812. The van der Waals surface area contributed by atoms with Crippen molar-refractivity contribution in [2.24, 2.45) is 28.9 Å². The normalized spacial score (nSPS) is 39.0. The van der Waals surface area contributed by atoms with Gasteiger partial charge in [-0.05, 0) is 82.0 Å². The van der Waals surface area contributed by atoms with Crippen molar-refractivity contribution in [1.82, 2.24) is 5.32 Å². The van der Waals surface area contributed by atoms with Crippen LogP contribution in [0.3, 0.4) is 0 Å². The zero-order valence-electron chi connectivity index (χ0n) is 13.1. The Morgan fingerprint density at radius 3 is 2.10 bits per heavy atom. The van der Waals surface area contributed by atoms with E-state index >= 15 is 0 Å². The standard InChI is InChI=1S/C17H30N2O/c1-16(2,18)4-3-15(20)19-11-17-8-12-5-13(9-17)7-14(6-12)10-17/h12-14H,3-11,18H2,1-2H3,(H,19,20). The molecule has 20 heavy (non-hydrogen) atoms. The predicted molar refractivity (Wildman–Crippen MR) is 81.1 cm³/mol. The number of hydrogen-bond acceptors (Lipinski definition) is 2. The fraction of sp³-hybridized carbons (Fsp3) is 0.941. The number of nitrogens with one attached hydrogen (secondary N) is 1. The SMILES string of the molecule is CC(C)(N)CCC(=O)NCC12CC3CC(CC(C3)C1)C2. The van der Waals surface area contributed by atoms with Gasteiger partial charge in [-0.15, -0.1) is 0 Å². The highest BCUT2D eigenvalue weighted by molar-refractivity contribution is 5.76. The summed E-state index contributed by atoms with van der Waals surface area (Å²) in [5.74, 6) is 3.07. The first-order chi connectivity index (χ1) is 9.34. The number of carbonyl (C=O) groups is 1. The third-order valence-corrected chi connectivity index (χ3v) is 5.82. The van der Waals surface area contributed by atoms with Gasteiger partial charge in [-0.25, -0.2) is 0 Å². The lowest BCUT2D eigenvalue weighted by Gasteiger charge is -2.56. The second kappa shape index (κ2) is 5.01. The molecule has 0 aromatic heterocycles. The van der Waals surface area contributed by atoms with Crippen LogP contribution in [0.4, 0.5) is 0 Å². The summed E-state index contributed by atoms with van der Waals surface area (Å²) >= 11 is 0.